The van der Waals surface area contributed by atoms with Gasteiger partial charge in [0.25, 0.3) is 5.91 Å². The molecule has 6 nitrogen and oxygen atoms in total. The Balaban J connectivity index is 1.30. The Hall–Kier alpha value is -3.41. The molecular formula is C29H34N4O2. The van der Waals surface area contributed by atoms with Crippen molar-refractivity contribution in [3.63, 3.8) is 0 Å². The van der Waals surface area contributed by atoms with Crippen LogP contribution in [0.25, 0.3) is 16.9 Å². The molecule has 1 aromatic heterocycles. The van der Waals surface area contributed by atoms with Crippen molar-refractivity contribution in [2.45, 2.75) is 51.5 Å². The number of hydrogen-bond donors (Lipinski definition) is 1. The maximum atomic E-state index is 13.7. The average Bonchev–Trinajstić information content (AvgIpc) is 3.59. The zero-order valence-corrected chi connectivity index (χ0v) is 20.4. The largest absolute Gasteiger partial charge is 0.353 e. The van der Waals surface area contributed by atoms with Crippen LogP contribution in [0.15, 0.2) is 66.9 Å². The fourth-order valence-corrected chi connectivity index (χ4v) is 5.44. The summed E-state index contributed by atoms with van der Waals surface area (Å²) < 4.78 is 1.79. The van der Waals surface area contributed by atoms with E-state index in [0.29, 0.717) is 36.3 Å². The molecular weight excluding hydrogens is 436 g/mol. The smallest absolute Gasteiger partial charge is 0.257 e. The van der Waals surface area contributed by atoms with Crippen LogP contribution in [0.5, 0.6) is 0 Å². The van der Waals surface area contributed by atoms with Crippen LogP contribution in [0, 0.1) is 11.8 Å². The standard InChI is InChI=1S/C29H34N4O2/c1-21(28(34)30-24-12-8-9-13-24)22-16-18-32(19-17-22)29(35)26-20-33(25-14-6-3-7-15-25)31-27(26)23-10-4-2-5-11-23/h2-7,10-11,14-15,20-22,24H,8-9,12-13,16-19H2,1H3,(H,30,34). The van der Waals surface area contributed by atoms with E-state index in [-0.39, 0.29) is 17.7 Å². The summed E-state index contributed by atoms with van der Waals surface area (Å²) in [6, 6.07) is 20.1. The molecule has 182 valence electrons. The lowest BCUT2D eigenvalue weighted by atomic mass is 9.84. The molecule has 0 bridgehead atoms. The van der Waals surface area contributed by atoms with Gasteiger partial charge in [-0.1, -0.05) is 68.3 Å². The van der Waals surface area contributed by atoms with Crippen LogP contribution in [-0.2, 0) is 4.79 Å². The molecule has 35 heavy (non-hydrogen) atoms. The highest BCUT2D eigenvalue weighted by Crippen LogP contribution is 2.30. The molecule has 0 radical (unpaired) electrons. The molecule has 1 aliphatic heterocycles. The third-order valence-electron chi connectivity index (χ3n) is 7.66. The van der Waals surface area contributed by atoms with Gasteiger partial charge in [-0.3, -0.25) is 9.59 Å². The van der Waals surface area contributed by atoms with Crippen LogP contribution in [0.1, 0.15) is 55.8 Å². The first-order chi connectivity index (χ1) is 17.1. The van der Waals surface area contributed by atoms with Gasteiger partial charge in [0.2, 0.25) is 5.91 Å². The van der Waals surface area contributed by atoms with Gasteiger partial charge in [-0.15, -0.1) is 0 Å². The molecule has 5 rings (SSSR count). The minimum absolute atomic E-state index is 0.00699. The number of rotatable bonds is 6. The van der Waals surface area contributed by atoms with Crippen LogP contribution in [0.3, 0.4) is 0 Å². The molecule has 1 aliphatic carbocycles. The van der Waals surface area contributed by atoms with Gasteiger partial charge in [-0.05, 0) is 43.7 Å². The van der Waals surface area contributed by atoms with Crippen molar-refractivity contribution in [1.29, 1.82) is 0 Å². The summed E-state index contributed by atoms with van der Waals surface area (Å²) in [6.45, 7) is 3.37. The number of piperidine rings is 1. The fourth-order valence-electron chi connectivity index (χ4n) is 5.44. The minimum atomic E-state index is -0.0198. The number of benzene rings is 2. The number of nitrogens with zero attached hydrogens (tertiary/aromatic N) is 3. The third-order valence-corrected chi connectivity index (χ3v) is 7.66. The van der Waals surface area contributed by atoms with E-state index in [4.69, 9.17) is 5.10 Å². The highest BCUT2D eigenvalue weighted by molar-refractivity contribution is 6.00. The van der Waals surface area contributed by atoms with E-state index >= 15 is 0 Å². The number of hydrogen-bond acceptors (Lipinski definition) is 3. The highest BCUT2D eigenvalue weighted by Gasteiger charge is 2.32. The van der Waals surface area contributed by atoms with Gasteiger partial charge >= 0.3 is 0 Å². The van der Waals surface area contributed by atoms with Gasteiger partial charge < -0.3 is 10.2 Å². The second-order valence-electron chi connectivity index (χ2n) is 9.95. The van der Waals surface area contributed by atoms with E-state index in [2.05, 4.69) is 5.32 Å². The molecule has 2 fully saturated rings. The Labute approximate surface area is 207 Å². The van der Waals surface area contributed by atoms with E-state index in [1.807, 2.05) is 78.7 Å². The van der Waals surface area contributed by atoms with Gasteiger partial charge in [-0.2, -0.15) is 5.10 Å². The van der Waals surface area contributed by atoms with Crippen LogP contribution in [0.2, 0.25) is 0 Å². The SMILES string of the molecule is CC(C(=O)NC1CCCC1)C1CCN(C(=O)c2cn(-c3ccccc3)nc2-c2ccccc2)CC1. The first kappa shape index (κ1) is 23.3. The summed E-state index contributed by atoms with van der Waals surface area (Å²) >= 11 is 0. The second kappa shape index (κ2) is 10.5. The normalized spacial score (nSPS) is 17.9. The summed E-state index contributed by atoms with van der Waals surface area (Å²) in [5.74, 6) is 0.472. The first-order valence-electron chi connectivity index (χ1n) is 12.9. The summed E-state index contributed by atoms with van der Waals surface area (Å²) in [5.41, 5.74) is 3.17. The number of nitrogens with one attached hydrogen (secondary N) is 1. The molecule has 3 aromatic rings. The minimum Gasteiger partial charge on any atom is -0.353 e. The predicted molar refractivity (Wildman–Crippen MR) is 137 cm³/mol. The van der Waals surface area contributed by atoms with E-state index < -0.39 is 0 Å². The topological polar surface area (TPSA) is 67.2 Å². The highest BCUT2D eigenvalue weighted by atomic mass is 16.2. The molecule has 2 aromatic carbocycles. The molecule has 1 atom stereocenters. The molecule has 1 N–H and O–H groups in total. The van der Waals surface area contributed by atoms with Crippen molar-refractivity contribution in [2.75, 3.05) is 13.1 Å². The lowest BCUT2D eigenvalue weighted by molar-refractivity contribution is -0.127. The predicted octanol–water partition coefficient (Wildman–Crippen LogP) is 5.09. The Morgan fingerprint density at radius 2 is 1.54 bits per heavy atom. The molecule has 1 saturated carbocycles. The van der Waals surface area contributed by atoms with Crippen LogP contribution < -0.4 is 5.32 Å². The van der Waals surface area contributed by atoms with E-state index in [9.17, 15) is 9.59 Å². The first-order valence-corrected chi connectivity index (χ1v) is 12.9. The van der Waals surface area contributed by atoms with E-state index in [0.717, 1.165) is 36.9 Å². The molecule has 2 heterocycles. The van der Waals surface area contributed by atoms with Crippen LogP contribution in [0.4, 0.5) is 0 Å². The van der Waals surface area contributed by atoms with Crippen molar-refractivity contribution in [3.8, 4) is 16.9 Å². The Kier molecular flexibility index (Phi) is 6.98. The summed E-state index contributed by atoms with van der Waals surface area (Å²) in [6.07, 6.45) is 8.18. The summed E-state index contributed by atoms with van der Waals surface area (Å²) in [7, 11) is 0. The number of amides is 2. The molecule has 2 amide bonds. The summed E-state index contributed by atoms with van der Waals surface area (Å²) in [4.78, 5) is 28.4. The van der Waals surface area contributed by atoms with Crippen LogP contribution in [-0.4, -0.2) is 45.6 Å². The van der Waals surface area contributed by atoms with Gasteiger partial charge in [0.1, 0.15) is 5.69 Å². The molecule has 6 heteroatoms. The van der Waals surface area contributed by atoms with Gasteiger partial charge in [0.05, 0.1) is 11.3 Å². The number of likely N-dealkylation sites (tertiary alicyclic amines) is 1. The zero-order chi connectivity index (χ0) is 24.2. The fraction of sp³-hybridized carbons (Fsp3) is 0.414. The van der Waals surface area contributed by atoms with Crippen LogP contribution >= 0.6 is 0 Å². The maximum Gasteiger partial charge on any atom is 0.257 e. The Morgan fingerprint density at radius 3 is 2.20 bits per heavy atom. The van der Waals surface area contributed by atoms with Gasteiger partial charge in [0, 0.05) is 36.8 Å². The lowest BCUT2D eigenvalue weighted by Gasteiger charge is -2.34. The van der Waals surface area contributed by atoms with Gasteiger partial charge in [-0.25, -0.2) is 4.68 Å². The average molecular weight is 471 g/mol. The molecule has 0 spiro atoms. The maximum absolute atomic E-state index is 13.7. The number of para-hydroxylation sites is 1. The zero-order valence-electron chi connectivity index (χ0n) is 20.4. The number of carbonyl (C=O) groups is 2. The number of aromatic nitrogens is 2. The third kappa shape index (κ3) is 5.16. The monoisotopic (exact) mass is 470 g/mol. The Morgan fingerprint density at radius 1 is 0.914 bits per heavy atom. The molecule has 1 saturated heterocycles. The Bertz CT molecular complexity index is 1140. The van der Waals surface area contributed by atoms with Crippen molar-refractivity contribution in [3.05, 3.63) is 72.4 Å². The number of carbonyl (C=O) groups excluding carboxylic acids is 2. The van der Waals surface area contributed by atoms with Crippen molar-refractivity contribution in [2.24, 2.45) is 11.8 Å². The molecule has 2 aliphatic rings. The summed E-state index contributed by atoms with van der Waals surface area (Å²) in [5, 5.41) is 8.05. The second-order valence-corrected chi connectivity index (χ2v) is 9.95. The van der Waals surface area contributed by atoms with Gasteiger partial charge in [0.15, 0.2) is 0 Å². The van der Waals surface area contributed by atoms with E-state index in [1.165, 1.54) is 12.8 Å². The molecule has 1 unspecified atom stereocenters. The van der Waals surface area contributed by atoms with Crippen molar-refractivity contribution >= 4 is 11.8 Å². The quantitative estimate of drug-likeness (QED) is 0.546. The van der Waals surface area contributed by atoms with E-state index in [1.54, 1.807) is 4.68 Å². The lowest BCUT2D eigenvalue weighted by Crippen LogP contribution is -2.44. The van der Waals surface area contributed by atoms with Crippen molar-refractivity contribution in [1.82, 2.24) is 20.0 Å². The van der Waals surface area contributed by atoms with Crippen molar-refractivity contribution < 1.29 is 9.59 Å².